The standard InChI is InChI=1S/C25H29N5O4S/c1-18-6-11-23(19(2)16-18)35(32,33)30(21-7-9-22(34-4)10-8-21)15-12-25(31)27-24-17-20(3)28-29(24)14-5-13-26/h6-11,16-17H,5,12,14-15H2,1-4H3,(H,27,31). The minimum Gasteiger partial charge on any atom is -0.497 e. The summed E-state index contributed by atoms with van der Waals surface area (Å²) in [6, 6.07) is 15.6. The maximum absolute atomic E-state index is 13.7. The van der Waals surface area contributed by atoms with E-state index in [9.17, 15) is 13.2 Å². The van der Waals surface area contributed by atoms with E-state index in [4.69, 9.17) is 10.00 Å². The monoisotopic (exact) mass is 495 g/mol. The number of amides is 1. The lowest BCUT2D eigenvalue weighted by atomic mass is 10.2. The molecule has 0 spiro atoms. The molecule has 0 radical (unpaired) electrons. The van der Waals surface area contributed by atoms with E-state index in [1.165, 1.54) is 11.4 Å². The number of rotatable bonds is 10. The lowest BCUT2D eigenvalue weighted by Crippen LogP contribution is -2.34. The summed E-state index contributed by atoms with van der Waals surface area (Å²) in [5.41, 5.74) is 2.72. The number of hydrogen-bond acceptors (Lipinski definition) is 6. The van der Waals surface area contributed by atoms with Gasteiger partial charge in [-0.3, -0.25) is 9.10 Å². The minimum absolute atomic E-state index is 0.0703. The molecule has 3 aromatic rings. The third kappa shape index (κ3) is 6.19. The van der Waals surface area contributed by atoms with E-state index in [0.717, 1.165) is 5.56 Å². The number of carbonyl (C=O) groups is 1. The molecule has 0 aliphatic heterocycles. The number of anilines is 2. The molecular weight excluding hydrogens is 466 g/mol. The molecule has 9 nitrogen and oxygen atoms in total. The number of hydrogen-bond donors (Lipinski definition) is 1. The molecule has 0 atom stereocenters. The fourth-order valence-electron chi connectivity index (χ4n) is 3.72. The summed E-state index contributed by atoms with van der Waals surface area (Å²) in [7, 11) is -2.41. The molecule has 3 rings (SSSR count). The maximum atomic E-state index is 13.7. The van der Waals surface area contributed by atoms with Crippen LogP contribution < -0.4 is 14.4 Å². The second kappa shape index (κ2) is 11.1. The summed E-state index contributed by atoms with van der Waals surface area (Å²) < 4.78 is 35.4. The number of methoxy groups -OCH3 is 1. The summed E-state index contributed by atoms with van der Waals surface area (Å²) in [6.07, 6.45) is 0.169. The van der Waals surface area contributed by atoms with Crippen molar-refractivity contribution in [2.75, 3.05) is 23.3 Å². The van der Waals surface area contributed by atoms with Crippen molar-refractivity contribution in [3.05, 3.63) is 65.4 Å². The minimum atomic E-state index is -3.95. The summed E-state index contributed by atoms with van der Waals surface area (Å²) >= 11 is 0. The number of benzene rings is 2. The van der Waals surface area contributed by atoms with Crippen LogP contribution in [0.5, 0.6) is 5.75 Å². The van der Waals surface area contributed by atoms with Crippen LogP contribution in [0.25, 0.3) is 0 Å². The molecule has 0 saturated carbocycles. The van der Waals surface area contributed by atoms with Gasteiger partial charge in [-0.05, 0) is 56.7 Å². The molecule has 0 aliphatic rings. The van der Waals surface area contributed by atoms with Gasteiger partial charge in [0.05, 0.1) is 42.4 Å². The Morgan fingerprint density at radius 2 is 1.86 bits per heavy atom. The Balaban J connectivity index is 1.86. The van der Waals surface area contributed by atoms with E-state index in [1.807, 2.05) is 13.0 Å². The van der Waals surface area contributed by atoms with Crippen LogP contribution in [0.4, 0.5) is 11.5 Å². The molecule has 35 heavy (non-hydrogen) atoms. The summed E-state index contributed by atoms with van der Waals surface area (Å²) in [5, 5.41) is 15.9. The van der Waals surface area contributed by atoms with Gasteiger partial charge in [-0.25, -0.2) is 13.1 Å². The highest BCUT2D eigenvalue weighted by atomic mass is 32.2. The normalized spacial score (nSPS) is 11.1. The zero-order chi connectivity index (χ0) is 25.6. The Morgan fingerprint density at radius 1 is 1.14 bits per heavy atom. The molecule has 0 aliphatic carbocycles. The molecule has 0 unspecified atom stereocenters. The van der Waals surface area contributed by atoms with Crippen LogP contribution in [0.15, 0.2) is 53.4 Å². The highest BCUT2D eigenvalue weighted by Gasteiger charge is 2.27. The van der Waals surface area contributed by atoms with Crippen molar-refractivity contribution in [2.24, 2.45) is 0 Å². The fraction of sp³-hybridized carbons (Fsp3) is 0.320. The number of aromatic nitrogens is 2. The number of nitrogens with zero attached hydrogens (tertiary/aromatic N) is 4. The van der Waals surface area contributed by atoms with Crippen molar-refractivity contribution in [3.63, 3.8) is 0 Å². The molecule has 2 aromatic carbocycles. The van der Waals surface area contributed by atoms with E-state index in [1.54, 1.807) is 61.0 Å². The van der Waals surface area contributed by atoms with Gasteiger partial charge in [-0.2, -0.15) is 10.4 Å². The first-order chi connectivity index (χ1) is 16.6. The molecule has 1 heterocycles. The zero-order valence-corrected chi connectivity index (χ0v) is 21.1. The molecule has 10 heteroatoms. The highest BCUT2D eigenvalue weighted by Crippen LogP contribution is 2.28. The maximum Gasteiger partial charge on any atom is 0.264 e. The number of carbonyl (C=O) groups excluding carboxylic acids is 1. The van der Waals surface area contributed by atoms with Gasteiger partial charge in [0.2, 0.25) is 5.91 Å². The molecular formula is C25H29N5O4S. The lowest BCUT2D eigenvalue weighted by Gasteiger charge is -2.25. The van der Waals surface area contributed by atoms with Crippen molar-refractivity contribution in [3.8, 4) is 11.8 Å². The first kappa shape index (κ1) is 25.8. The van der Waals surface area contributed by atoms with Gasteiger partial charge in [0, 0.05) is 19.0 Å². The summed E-state index contributed by atoms with van der Waals surface area (Å²) in [5.74, 6) is 0.699. The van der Waals surface area contributed by atoms with Gasteiger partial charge in [0.25, 0.3) is 10.0 Å². The molecule has 0 saturated heterocycles. The van der Waals surface area contributed by atoms with E-state index < -0.39 is 10.0 Å². The Morgan fingerprint density at radius 3 is 2.49 bits per heavy atom. The number of nitrogens with one attached hydrogen (secondary N) is 1. The van der Waals surface area contributed by atoms with Crippen LogP contribution in [0.2, 0.25) is 0 Å². The second-order valence-electron chi connectivity index (χ2n) is 8.14. The van der Waals surface area contributed by atoms with Gasteiger partial charge in [-0.15, -0.1) is 0 Å². The third-order valence-corrected chi connectivity index (χ3v) is 7.39. The Hall–Kier alpha value is -3.84. The Kier molecular flexibility index (Phi) is 8.14. The molecule has 0 fully saturated rings. The van der Waals surface area contributed by atoms with Crippen LogP contribution in [0, 0.1) is 32.1 Å². The molecule has 1 N–H and O–H groups in total. The van der Waals surface area contributed by atoms with Crippen LogP contribution in [0.1, 0.15) is 29.7 Å². The van der Waals surface area contributed by atoms with E-state index in [0.29, 0.717) is 35.1 Å². The van der Waals surface area contributed by atoms with Crippen LogP contribution in [0.3, 0.4) is 0 Å². The summed E-state index contributed by atoms with van der Waals surface area (Å²) in [6.45, 7) is 5.72. The van der Waals surface area contributed by atoms with E-state index in [2.05, 4.69) is 16.5 Å². The zero-order valence-electron chi connectivity index (χ0n) is 20.3. The largest absolute Gasteiger partial charge is 0.497 e. The lowest BCUT2D eigenvalue weighted by molar-refractivity contribution is -0.116. The first-order valence-corrected chi connectivity index (χ1v) is 12.5. The second-order valence-corrected chi connectivity index (χ2v) is 9.98. The van der Waals surface area contributed by atoms with Crippen LogP contribution in [-0.2, 0) is 21.4 Å². The van der Waals surface area contributed by atoms with Crippen molar-refractivity contribution in [1.29, 1.82) is 5.26 Å². The fourth-order valence-corrected chi connectivity index (χ4v) is 5.40. The molecule has 1 amide bonds. The smallest absolute Gasteiger partial charge is 0.264 e. The molecule has 184 valence electrons. The predicted octanol–water partition coefficient (Wildman–Crippen LogP) is 3.95. The van der Waals surface area contributed by atoms with Gasteiger partial charge in [-0.1, -0.05) is 17.7 Å². The highest BCUT2D eigenvalue weighted by molar-refractivity contribution is 7.92. The summed E-state index contributed by atoms with van der Waals surface area (Å²) in [4.78, 5) is 13.0. The average Bonchev–Trinajstić information content (AvgIpc) is 3.16. The third-order valence-electron chi connectivity index (χ3n) is 5.41. The predicted molar refractivity (Wildman–Crippen MR) is 134 cm³/mol. The van der Waals surface area contributed by atoms with Crippen LogP contribution >= 0.6 is 0 Å². The SMILES string of the molecule is COc1ccc(N(CCC(=O)Nc2cc(C)nn2CCC#N)S(=O)(=O)c2ccc(C)cc2C)cc1. The van der Waals surface area contributed by atoms with E-state index in [-0.39, 0.29) is 30.2 Å². The Bertz CT molecular complexity index is 1340. The topological polar surface area (TPSA) is 117 Å². The van der Waals surface area contributed by atoms with Crippen LogP contribution in [-0.4, -0.2) is 37.8 Å². The quantitative estimate of drug-likeness (QED) is 0.455. The number of aryl methyl sites for hydroxylation is 4. The van der Waals surface area contributed by atoms with Gasteiger partial charge < -0.3 is 10.1 Å². The molecule has 0 bridgehead atoms. The van der Waals surface area contributed by atoms with E-state index >= 15 is 0 Å². The number of ether oxygens (including phenoxy) is 1. The number of nitriles is 1. The van der Waals surface area contributed by atoms with Gasteiger partial charge in [0.1, 0.15) is 11.6 Å². The van der Waals surface area contributed by atoms with Crippen molar-refractivity contribution in [2.45, 2.75) is 45.1 Å². The van der Waals surface area contributed by atoms with Crippen molar-refractivity contribution < 1.29 is 17.9 Å². The van der Waals surface area contributed by atoms with Gasteiger partial charge >= 0.3 is 0 Å². The average molecular weight is 496 g/mol. The number of sulfonamides is 1. The van der Waals surface area contributed by atoms with Crippen molar-refractivity contribution in [1.82, 2.24) is 9.78 Å². The molecule has 1 aromatic heterocycles. The Labute approximate surface area is 206 Å². The first-order valence-electron chi connectivity index (χ1n) is 11.1. The van der Waals surface area contributed by atoms with Crippen molar-refractivity contribution >= 4 is 27.4 Å². The van der Waals surface area contributed by atoms with Gasteiger partial charge in [0.15, 0.2) is 0 Å².